The number of H-pyrrole nitrogens is 1. The van der Waals surface area contributed by atoms with Gasteiger partial charge in [0.1, 0.15) is 0 Å². The van der Waals surface area contributed by atoms with Crippen molar-refractivity contribution in [3.63, 3.8) is 0 Å². The number of rotatable bonds is 2. The number of aromatic nitrogens is 2. The van der Waals surface area contributed by atoms with Gasteiger partial charge in [0.25, 0.3) is 0 Å². The van der Waals surface area contributed by atoms with E-state index in [2.05, 4.69) is 22.4 Å². The van der Waals surface area contributed by atoms with E-state index >= 15 is 0 Å². The minimum Gasteiger partial charge on any atom is -0.316 e. The van der Waals surface area contributed by atoms with Crippen molar-refractivity contribution in [1.82, 2.24) is 14.9 Å². The van der Waals surface area contributed by atoms with Gasteiger partial charge in [0.2, 0.25) is 0 Å². The van der Waals surface area contributed by atoms with Crippen LogP contribution in [0.1, 0.15) is 18.4 Å². The van der Waals surface area contributed by atoms with Crippen LogP contribution in [0.5, 0.6) is 0 Å². The van der Waals surface area contributed by atoms with E-state index < -0.39 is 0 Å². The summed E-state index contributed by atoms with van der Waals surface area (Å²) in [6, 6.07) is 6.30. The molecule has 4 heteroatoms. The van der Waals surface area contributed by atoms with Gasteiger partial charge in [-0.1, -0.05) is 6.07 Å². The van der Waals surface area contributed by atoms with E-state index in [0.717, 1.165) is 36.5 Å². The van der Waals surface area contributed by atoms with Gasteiger partial charge in [-0.15, -0.1) is 0 Å². The van der Waals surface area contributed by atoms with Crippen LogP contribution in [0.25, 0.3) is 11.0 Å². The number of benzene rings is 1. The molecule has 1 aliphatic heterocycles. The van der Waals surface area contributed by atoms with E-state index in [9.17, 15) is 4.79 Å². The maximum Gasteiger partial charge on any atom is 0.326 e. The van der Waals surface area contributed by atoms with E-state index in [0.29, 0.717) is 0 Å². The molecule has 1 aromatic carbocycles. The minimum atomic E-state index is -0.0403. The third-order valence-corrected chi connectivity index (χ3v) is 3.89. The lowest BCUT2D eigenvalue weighted by Crippen LogP contribution is -2.30. The first kappa shape index (κ1) is 11.5. The zero-order chi connectivity index (χ0) is 12.5. The first-order chi connectivity index (χ1) is 8.74. The van der Waals surface area contributed by atoms with Crippen LogP contribution in [-0.4, -0.2) is 22.6 Å². The summed E-state index contributed by atoms with van der Waals surface area (Å²) in [6.45, 7) is 2.27. The van der Waals surface area contributed by atoms with Gasteiger partial charge >= 0.3 is 5.69 Å². The molecule has 1 atom stereocenters. The molecule has 0 saturated carbocycles. The van der Waals surface area contributed by atoms with Crippen molar-refractivity contribution < 1.29 is 0 Å². The quantitative estimate of drug-likeness (QED) is 0.840. The summed E-state index contributed by atoms with van der Waals surface area (Å²) in [6.07, 6.45) is 3.67. The summed E-state index contributed by atoms with van der Waals surface area (Å²) >= 11 is 0. The Hall–Kier alpha value is -1.55. The van der Waals surface area contributed by atoms with Crippen molar-refractivity contribution in [3.05, 3.63) is 34.2 Å². The number of fused-ring (bicyclic) bond motifs is 1. The lowest BCUT2D eigenvalue weighted by molar-refractivity contribution is 0.376. The Balaban J connectivity index is 1.86. The molecule has 1 aromatic heterocycles. The molecule has 2 heterocycles. The van der Waals surface area contributed by atoms with E-state index in [1.165, 1.54) is 18.4 Å². The Kier molecular flexibility index (Phi) is 2.96. The largest absolute Gasteiger partial charge is 0.326 e. The van der Waals surface area contributed by atoms with E-state index in [1.807, 2.05) is 6.07 Å². The summed E-state index contributed by atoms with van der Waals surface area (Å²) in [5.74, 6) is 0.728. The maximum absolute atomic E-state index is 11.5. The van der Waals surface area contributed by atoms with E-state index in [-0.39, 0.29) is 5.69 Å². The van der Waals surface area contributed by atoms with E-state index in [1.54, 1.807) is 11.6 Å². The summed E-state index contributed by atoms with van der Waals surface area (Å²) < 4.78 is 1.65. The first-order valence-corrected chi connectivity index (χ1v) is 6.62. The van der Waals surface area contributed by atoms with Gasteiger partial charge in [-0.25, -0.2) is 4.79 Å². The normalized spacial score (nSPS) is 20.4. The first-order valence-electron chi connectivity index (χ1n) is 6.62. The molecule has 0 radical (unpaired) electrons. The van der Waals surface area contributed by atoms with Crippen LogP contribution in [-0.2, 0) is 13.5 Å². The van der Waals surface area contributed by atoms with Gasteiger partial charge < -0.3 is 10.3 Å². The van der Waals surface area contributed by atoms with Crippen LogP contribution < -0.4 is 11.0 Å². The maximum atomic E-state index is 11.5. The molecule has 1 unspecified atom stereocenters. The molecule has 2 N–H and O–H groups in total. The fourth-order valence-corrected chi connectivity index (χ4v) is 2.84. The van der Waals surface area contributed by atoms with Crippen molar-refractivity contribution in [2.75, 3.05) is 13.1 Å². The Labute approximate surface area is 106 Å². The zero-order valence-electron chi connectivity index (χ0n) is 10.7. The Morgan fingerprint density at radius 3 is 3.11 bits per heavy atom. The van der Waals surface area contributed by atoms with Gasteiger partial charge in [-0.05, 0) is 56.0 Å². The van der Waals surface area contributed by atoms with Crippen LogP contribution in [0, 0.1) is 5.92 Å². The molecule has 0 bridgehead atoms. The van der Waals surface area contributed by atoms with Crippen molar-refractivity contribution in [1.29, 1.82) is 0 Å². The van der Waals surface area contributed by atoms with Gasteiger partial charge in [-0.3, -0.25) is 4.57 Å². The average molecular weight is 245 g/mol. The number of nitrogens with one attached hydrogen (secondary N) is 2. The monoisotopic (exact) mass is 245 g/mol. The summed E-state index contributed by atoms with van der Waals surface area (Å²) in [5.41, 5.74) is 3.20. The number of nitrogens with zero attached hydrogens (tertiary/aromatic N) is 1. The molecule has 18 heavy (non-hydrogen) atoms. The fraction of sp³-hybridized carbons (Fsp3) is 0.500. The standard InChI is InChI=1S/C14H19N3O/c1-17-13-5-4-10(8-12(13)16-14(17)18)7-11-3-2-6-15-9-11/h4-5,8,11,15H,2-3,6-7,9H2,1H3,(H,16,18). The van der Waals surface area contributed by atoms with Crippen molar-refractivity contribution in [2.45, 2.75) is 19.3 Å². The SMILES string of the molecule is Cn1c(=O)[nH]c2cc(CC3CCCNC3)ccc21. The lowest BCUT2D eigenvalue weighted by atomic mass is 9.92. The number of imidazole rings is 1. The zero-order valence-corrected chi connectivity index (χ0v) is 10.7. The molecule has 1 saturated heterocycles. The molecular weight excluding hydrogens is 226 g/mol. The van der Waals surface area contributed by atoms with Crippen LogP contribution in [0.3, 0.4) is 0 Å². The van der Waals surface area contributed by atoms with Crippen molar-refractivity contribution in [2.24, 2.45) is 13.0 Å². The second-order valence-electron chi connectivity index (χ2n) is 5.26. The predicted molar refractivity (Wildman–Crippen MR) is 72.8 cm³/mol. The average Bonchev–Trinajstić information content (AvgIpc) is 2.66. The topological polar surface area (TPSA) is 49.8 Å². The molecule has 4 nitrogen and oxygen atoms in total. The number of hydrogen-bond acceptors (Lipinski definition) is 2. The Morgan fingerprint density at radius 1 is 1.44 bits per heavy atom. The number of hydrogen-bond donors (Lipinski definition) is 2. The molecule has 1 fully saturated rings. The third-order valence-electron chi connectivity index (χ3n) is 3.89. The highest BCUT2D eigenvalue weighted by Gasteiger charge is 2.14. The van der Waals surface area contributed by atoms with Crippen LogP contribution in [0.4, 0.5) is 0 Å². The van der Waals surface area contributed by atoms with Gasteiger partial charge in [0, 0.05) is 7.05 Å². The summed E-state index contributed by atoms with van der Waals surface area (Å²) in [5, 5.41) is 3.44. The highest BCUT2D eigenvalue weighted by molar-refractivity contribution is 5.75. The molecule has 1 aliphatic rings. The van der Waals surface area contributed by atoms with Crippen LogP contribution >= 0.6 is 0 Å². The third kappa shape index (κ3) is 2.08. The molecule has 0 aliphatic carbocycles. The number of aryl methyl sites for hydroxylation is 1. The van der Waals surface area contributed by atoms with Crippen LogP contribution in [0.2, 0.25) is 0 Å². The lowest BCUT2D eigenvalue weighted by Gasteiger charge is -2.22. The van der Waals surface area contributed by atoms with Crippen molar-refractivity contribution in [3.8, 4) is 0 Å². The van der Waals surface area contributed by atoms with Gasteiger partial charge in [-0.2, -0.15) is 0 Å². The van der Waals surface area contributed by atoms with Crippen molar-refractivity contribution >= 4 is 11.0 Å². The summed E-state index contributed by atoms with van der Waals surface area (Å²) in [7, 11) is 1.80. The fourth-order valence-electron chi connectivity index (χ4n) is 2.84. The molecule has 2 aromatic rings. The smallest absolute Gasteiger partial charge is 0.316 e. The number of aromatic amines is 1. The highest BCUT2D eigenvalue weighted by Crippen LogP contribution is 2.19. The minimum absolute atomic E-state index is 0.0403. The van der Waals surface area contributed by atoms with Crippen LogP contribution in [0.15, 0.2) is 23.0 Å². The molecule has 0 amide bonds. The molecule has 96 valence electrons. The Morgan fingerprint density at radius 2 is 2.33 bits per heavy atom. The Bertz CT molecular complexity index is 605. The van der Waals surface area contributed by atoms with Gasteiger partial charge in [0.05, 0.1) is 11.0 Å². The predicted octanol–water partition coefficient (Wildman–Crippen LogP) is 1.41. The summed E-state index contributed by atoms with van der Waals surface area (Å²) in [4.78, 5) is 14.4. The second-order valence-corrected chi connectivity index (χ2v) is 5.26. The highest BCUT2D eigenvalue weighted by atomic mass is 16.1. The molecule has 0 spiro atoms. The molecule has 3 rings (SSSR count). The van der Waals surface area contributed by atoms with Gasteiger partial charge in [0.15, 0.2) is 0 Å². The second kappa shape index (κ2) is 4.61. The number of piperidine rings is 1. The van der Waals surface area contributed by atoms with E-state index in [4.69, 9.17) is 0 Å². The molecular formula is C14H19N3O.